The lowest BCUT2D eigenvalue weighted by atomic mass is 10.0. The number of nitrogens with zero attached hydrogens (tertiary/aromatic N) is 1. The minimum atomic E-state index is -0.912. The Kier molecular flexibility index (Phi) is 9.16. The number of esters is 1. The number of ether oxygens (including phenoxy) is 1. The molecule has 0 aliphatic carbocycles. The second-order valence-corrected chi connectivity index (χ2v) is 7.96. The van der Waals surface area contributed by atoms with Gasteiger partial charge in [0, 0.05) is 12.1 Å². The molecule has 0 spiro atoms. The van der Waals surface area contributed by atoms with Crippen LogP contribution in [-0.4, -0.2) is 46.9 Å². The number of hydrogen-bond donors (Lipinski definition) is 1. The zero-order chi connectivity index (χ0) is 21.4. The fraction of sp³-hybridized carbons (Fsp3) is 0.591. The normalized spacial score (nSPS) is 13.4. The molecule has 2 amide bonds. The van der Waals surface area contributed by atoms with Crippen molar-refractivity contribution in [1.29, 1.82) is 0 Å². The summed E-state index contributed by atoms with van der Waals surface area (Å²) in [6.07, 6.45) is -0.732. The van der Waals surface area contributed by atoms with Gasteiger partial charge >= 0.3 is 5.97 Å². The van der Waals surface area contributed by atoms with Crippen LogP contribution in [0, 0.1) is 5.92 Å². The second-order valence-electron chi connectivity index (χ2n) is 7.96. The van der Waals surface area contributed by atoms with Crippen molar-refractivity contribution in [2.45, 2.75) is 79.1 Å². The third kappa shape index (κ3) is 6.98. The molecule has 0 fully saturated rings. The van der Waals surface area contributed by atoms with Crippen LogP contribution in [0.1, 0.15) is 54.0 Å². The van der Waals surface area contributed by atoms with E-state index in [9.17, 15) is 14.4 Å². The maximum atomic E-state index is 12.7. The maximum Gasteiger partial charge on any atom is 0.329 e. The molecule has 0 saturated heterocycles. The highest BCUT2D eigenvalue weighted by atomic mass is 16.5. The molecule has 0 unspecified atom stereocenters. The Morgan fingerprint density at radius 2 is 1.46 bits per heavy atom. The molecule has 0 aliphatic rings. The summed E-state index contributed by atoms with van der Waals surface area (Å²) in [7, 11) is 0. The Morgan fingerprint density at radius 3 is 1.93 bits per heavy atom. The van der Waals surface area contributed by atoms with Gasteiger partial charge in [-0.15, -0.1) is 0 Å². The fourth-order valence-corrected chi connectivity index (χ4v) is 3.12. The van der Waals surface area contributed by atoms with E-state index in [1.54, 1.807) is 11.8 Å². The number of amides is 2. The van der Waals surface area contributed by atoms with Gasteiger partial charge in [-0.25, -0.2) is 4.79 Å². The first-order valence-electron chi connectivity index (χ1n) is 9.90. The molecule has 6 nitrogen and oxygen atoms in total. The van der Waals surface area contributed by atoms with Gasteiger partial charge in [0.25, 0.3) is 5.91 Å². The van der Waals surface area contributed by atoms with Crippen molar-refractivity contribution in [1.82, 2.24) is 10.2 Å². The highest BCUT2D eigenvalue weighted by Crippen LogP contribution is 2.12. The molecule has 0 saturated carbocycles. The van der Waals surface area contributed by atoms with E-state index in [2.05, 4.69) is 5.32 Å². The average molecular weight is 391 g/mol. The monoisotopic (exact) mass is 390 g/mol. The van der Waals surface area contributed by atoms with Crippen LogP contribution in [0.4, 0.5) is 0 Å². The van der Waals surface area contributed by atoms with E-state index in [0.717, 1.165) is 5.56 Å². The zero-order valence-corrected chi connectivity index (χ0v) is 18.1. The van der Waals surface area contributed by atoms with Crippen LogP contribution in [0.25, 0.3) is 0 Å². The first-order chi connectivity index (χ1) is 13.0. The standard InChI is InChI=1S/C22H34N2O4/c1-14(2)20(23-19(25)13-18-11-9-8-10-12-18)22(27)28-17(7)21(26)24(15(3)4)16(5)6/h8-12,14-17,20H,13H2,1-7H3,(H,23,25)/t17-,20+/m1/s1. The molecule has 6 heteroatoms. The summed E-state index contributed by atoms with van der Waals surface area (Å²) in [5.74, 6) is -1.26. The van der Waals surface area contributed by atoms with E-state index in [4.69, 9.17) is 4.74 Å². The number of rotatable bonds is 9. The molecule has 0 heterocycles. The summed E-state index contributed by atoms with van der Waals surface area (Å²) in [5.41, 5.74) is 0.865. The van der Waals surface area contributed by atoms with Crippen LogP contribution in [0.5, 0.6) is 0 Å². The van der Waals surface area contributed by atoms with Crippen LogP contribution >= 0.6 is 0 Å². The van der Waals surface area contributed by atoms with Crippen molar-refractivity contribution in [3.8, 4) is 0 Å². The van der Waals surface area contributed by atoms with E-state index >= 15 is 0 Å². The predicted molar refractivity (Wildman–Crippen MR) is 110 cm³/mol. The second kappa shape index (κ2) is 10.8. The molecule has 0 bridgehead atoms. The number of nitrogens with one attached hydrogen (secondary N) is 1. The van der Waals surface area contributed by atoms with Crippen molar-refractivity contribution >= 4 is 17.8 Å². The van der Waals surface area contributed by atoms with Gasteiger partial charge in [0.15, 0.2) is 6.10 Å². The van der Waals surface area contributed by atoms with Crippen LogP contribution in [0.2, 0.25) is 0 Å². The smallest absolute Gasteiger partial charge is 0.329 e. The zero-order valence-electron chi connectivity index (χ0n) is 18.1. The van der Waals surface area contributed by atoms with Gasteiger partial charge in [0.2, 0.25) is 5.91 Å². The summed E-state index contributed by atoms with van der Waals surface area (Å²) in [4.78, 5) is 39.4. The molecule has 1 rings (SSSR count). The minimum Gasteiger partial charge on any atom is -0.451 e. The van der Waals surface area contributed by atoms with E-state index in [-0.39, 0.29) is 36.2 Å². The molecular weight excluding hydrogens is 356 g/mol. The van der Waals surface area contributed by atoms with Crippen LogP contribution in [0.3, 0.4) is 0 Å². The predicted octanol–water partition coefficient (Wildman–Crippen LogP) is 2.95. The summed E-state index contributed by atoms with van der Waals surface area (Å²) >= 11 is 0. The Bertz CT molecular complexity index is 648. The van der Waals surface area contributed by atoms with Crippen molar-refractivity contribution in [2.24, 2.45) is 5.92 Å². The molecule has 2 atom stereocenters. The lowest BCUT2D eigenvalue weighted by molar-refractivity contribution is -0.163. The lowest BCUT2D eigenvalue weighted by Crippen LogP contribution is -2.50. The molecule has 1 aromatic carbocycles. The molecular formula is C22H34N2O4. The van der Waals surface area contributed by atoms with Crippen LogP contribution in [0.15, 0.2) is 30.3 Å². The molecule has 1 aromatic rings. The third-order valence-corrected chi connectivity index (χ3v) is 4.45. The van der Waals surface area contributed by atoms with Crippen LogP contribution in [-0.2, 0) is 25.5 Å². The van der Waals surface area contributed by atoms with Gasteiger partial charge in [-0.05, 0) is 46.1 Å². The topological polar surface area (TPSA) is 75.7 Å². The van der Waals surface area contributed by atoms with Crippen LogP contribution < -0.4 is 5.32 Å². The number of carbonyl (C=O) groups is 3. The van der Waals surface area contributed by atoms with Gasteiger partial charge in [-0.2, -0.15) is 0 Å². The molecule has 1 N–H and O–H groups in total. The number of benzene rings is 1. The quantitative estimate of drug-likeness (QED) is 0.658. The van der Waals surface area contributed by atoms with Gasteiger partial charge in [-0.1, -0.05) is 44.2 Å². The Morgan fingerprint density at radius 1 is 0.929 bits per heavy atom. The van der Waals surface area contributed by atoms with Gasteiger partial charge in [-0.3, -0.25) is 9.59 Å². The lowest BCUT2D eigenvalue weighted by Gasteiger charge is -2.33. The average Bonchev–Trinajstić information content (AvgIpc) is 2.59. The highest BCUT2D eigenvalue weighted by molar-refractivity contribution is 5.88. The maximum absolute atomic E-state index is 12.7. The summed E-state index contributed by atoms with van der Waals surface area (Å²) in [6.45, 7) is 12.9. The molecule has 28 heavy (non-hydrogen) atoms. The van der Waals surface area contributed by atoms with E-state index < -0.39 is 18.1 Å². The van der Waals surface area contributed by atoms with Gasteiger partial charge < -0.3 is 15.0 Å². The Hall–Kier alpha value is -2.37. The van der Waals surface area contributed by atoms with Gasteiger partial charge in [0.05, 0.1) is 6.42 Å². The summed E-state index contributed by atoms with van der Waals surface area (Å²) in [5, 5.41) is 2.75. The molecule has 0 aromatic heterocycles. The van der Waals surface area contributed by atoms with Crippen molar-refractivity contribution < 1.29 is 19.1 Å². The largest absolute Gasteiger partial charge is 0.451 e. The molecule has 156 valence electrons. The Labute approximate surface area is 168 Å². The fourth-order valence-electron chi connectivity index (χ4n) is 3.12. The van der Waals surface area contributed by atoms with E-state index in [0.29, 0.717) is 0 Å². The van der Waals surface area contributed by atoms with Gasteiger partial charge in [0.1, 0.15) is 6.04 Å². The molecule has 0 aliphatic heterocycles. The van der Waals surface area contributed by atoms with E-state index in [1.165, 1.54) is 0 Å². The van der Waals surface area contributed by atoms with Crippen molar-refractivity contribution in [3.05, 3.63) is 35.9 Å². The molecule has 0 radical (unpaired) electrons. The van der Waals surface area contributed by atoms with Crippen molar-refractivity contribution in [3.63, 3.8) is 0 Å². The first kappa shape index (κ1) is 23.7. The Balaban J connectivity index is 2.76. The van der Waals surface area contributed by atoms with E-state index in [1.807, 2.05) is 71.9 Å². The number of hydrogen-bond acceptors (Lipinski definition) is 4. The SMILES string of the molecule is CC(C)[C@H](NC(=O)Cc1ccccc1)C(=O)O[C@H](C)C(=O)N(C(C)C)C(C)C. The van der Waals surface area contributed by atoms with Crippen molar-refractivity contribution in [2.75, 3.05) is 0 Å². The minimum absolute atomic E-state index is 0.000114. The highest BCUT2D eigenvalue weighted by Gasteiger charge is 2.32. The summed E-state index contributed by atoms with van der Waals surface area (Å²) < 4.78 is 5.42. The number of carbonyl (C=O) groups excluding carboxylic acids is 3. The first-order valence-corrected chi connectivity index (χ1v) is 9.90. The third-order valence-electron chi connectivity index (χ3n) is 4.45. The summed E-state index contributed by atoms with van der Waals surface area (Å²) in [6, 6.07) is 8.51.